The highest BCUT2D eigenvalue weighted by atomic mass is 16.6. The zero-order chi connectivity index (χ0) is 15.4. The van der Waals surface area contributed by atoms with Gasteiger partial charge in [-0.2, -0.15) is 0 Å². The maximum Gasteiger partial charge on any atom is 0.161 e. The summed E-state index contributed by atoms with van der Waals surface area (Å²) in [6.45, 7) is 11.3. The van der Waals surface area contributed by atoms with E-state index in [0.717, 1.165) is 50.9 Å². The summed E-state index contributed by atoms with van der Waals surface area (Å²) in [6, 6.07) is 6.17. The van der Waals surface area contributed by atoms with Crippen LogP contribution >= 0.6 is 0 Å². The standard InChI is InChI=1S/C17H26N2O3/c1-17(2,19-5-7-20-8-6-19)13-18-12-14-3-4-15-16(11-14)22-10-9-21-15/h3-4,11,18H,5-10,12-13H2,1-2H3. The molecule has 1 aromatic rings. The zero-order valence-corrected chi connectivity index (χ0v) is 13.6. The van der Waals surface area contributed by atoms with Gasteiger partial charge in [0.05, 0.1) is 13.2 Å². The van der Waals surface area contributed by atoms with E-state index in [4.69, 9.17) is 14.2 Å². The van der Waals surface area contributed by atoms with E-state index in [2.05, 4.69) is 36.2 Å². The number of morpholine rings is 1. The lowest BCUT2D eigenvalue weighted by atomic mass is 10.0. The Hall–Kier alpha value is -1.30. The smallest absolute Gasteiger partial charge is 0.161 e. The van der Waals surface area contributed by atoms with Crippen LogP contribution in [0.1, 0.15) is 19.4 Å². The van der Waals surface area contributed by atoms with Crippen LogP contribution < -0.4 is 14.8 Å². The van der Waals surface area contributed by atoms with Gasteiger partial charge in [0.1, 0.15) is 13.2 Å². The number of benzene rings is 1. The molecule has 22 heavy (non-hydrogen) atoms. The molecule has 0 unspecified atom stereocenters. The minimum absolute atomic E-state index is 0.137. The fraction of sp³-hybridized carbons (Fsp3) is 0.647. The van der Waals surface area contributed by atoms with Gasteiger partial charge in [-0.3, -0.25) is 4.90 Å². The van der Waals surface area contributed by atoms with Crippen LogP contribution in [0.25, 0.3) is 0 Å². The normalized spacial score (nSPS) is 19.2. The number of nitrogens with zero attached hydrogens (tertiary/aromatic N) is 1. The van der Waals surface area contributed by atoms with Crippen LogP contribution in [0.5, 0.6) is 11.5 Å². The monoisotopic (exact) mass is 306 g/mol. The molecule has 1 N–H and O–H groups in total. The van der Waals surface area contributed by atoms with Crippen LogP contribution in [0.3, 0.4) is 0 Å². The van der Waals surface area contributed by atoms with Gasteiger partial charge < -0.3 is 19.5 Å². The Kier molecular flexibility index (Phi) is 4.86. The van der Waals surface area contributed by atoms with E-state index in [0.29, 0.717) is 13.2 Å². The first kappa shape index (κ1) is 15.6. The fourth-order valence-electron chi connectivity index (χ4n) is 2.99. The summed E-state index contributed by atoms with van der Waals surface area (Å²) in [5.41, 5.74) is 1.36. The number of ether oxygens (including phenoxy) is 3. The maximum atomic E-state index is 5.63. The molecule has 0 spiro atoms. The molecule has 1 aromatic carbocycles. The summed E-state index contributed by atoms with van der Waals surface area (Å²) in [6.07, 6.45) is 0. The molecule has 0 atom stereocenters. The van der Waals surface area contributed by atoms with Gasteiger partial charge in [-0.1, -0.05) is 6.07 Å². The summed E-state index contributed by atoms with van der Waals surface area (Å²) < 4.78 is 16.6. The molecule has 0 saturated carbocycles. The predicted molar refractivity (Wildman–Crippen MR) is 85.6 cm³/mol. The third-order valence-electron chi connectivity index (χ3n) is 4.36. The second-order valence-electron chi connectivity index (χ2n) is 6.49. The Labute approximate surface area is 132 Å². The molecule has 122 valence electrons. The van der Waals surface area contributed by atoms with Gasteiger partial charge >= 0.3 is 0 Å². The first-order valence-corrected chi connectivity index (χ1v) is 8.07. The largest absolute Gasteiger partial charge is 0.486 e. The molecule has 0 bridgehead atoms. The van der Waals surface area contributed by atoms with Gasteiger partial charge in [0.2, 0.25) is 0 Å². The lowest BCUT2D eigenvalue weighted by molar-refractivity contribution is -0.00967. The average molecular weight is 306 g/mol. The number of fused-ring (bicyclic) bond motifs is 1. The molecule has 5 heteroatoms. The first-order chi connectivity index (χ1) is 10.6. The van der Waals surface area contributed by atoms with Gasteiger partial charge in [-0.05, 0) is 31.5 Å². The van der Waals surface area contributed by atoms with Crippen molar-refractivity contribution in [3.63, 3.8) is 0 Å². The molecule has 3 rings (SSSR count). The molecule has 1 fully saturated rings. The van der Waals surface area contributed by atoms with E-state index in [1.807, 2.05) is 6.07 Å². The highest BCUT2D eigenvalue weighted by Gasteiger charge is 2.27. The summed E-state index contributed by atoms with van der Waals surface area (Å²) in [5, 5.41) is 3.57. The highest BCUT2D eigenvalue weighted by molar-refractivity contribution is 5.43. The Bertz CT molecular complexity index is 499. The third kappa shape index (κ3) is 3.72. The fourth-order valence-corrected chi connectivity index (χ4v) is 2.99. The molecule has 0 aromatic heterocycles. The van der Waals surface area contributed by atoms with Crippen molar-refractivity contribution >= 4 is 0 Å². The van der Waals surface area contributed by atoms with Crippen molar-refractivity contribution in [1.82, 2.24) is 10.2 Å². The number of nitrogens with one attached hydrogen (secondary N) is 1. The second-order valence-corrected chi connectivity index (χ2v) is 6.49. The van der Waals surface area contributed by atoms with E-state index in [1.165, 1.54) is 5.56 Å². The summed E-state index contributed by atoms with van der Waals surface area (Å²) in [7, 11) is 0. The van der Waals surface area contributed by atoms with Crippen molar-refractivity contribution < 1.29 is 14.2 Å². The lowest BCUT2D eigenvalue weighted by Gasteiger charge is -2.41. The molecule has 0 aliphatic carbocycles. The number of rotatable bonds is 5. The Morgan fingerprint density at radius 2 is 1.77 bits per heavy atom. The topological polar surface area (TPSA) is 43.0 Å². The van der Waals surface area contributed by atoms with Crippen molar-refractivity contribution in [3.05, 3.63) is 23.8 Å². The molecule has 2 heterocycles. The molecule has 2 aliphatic rings. The van der Waals surface area contributed by atoms with E-state index in [-0.39, 0.29) is 5.54 Å². The van der Waals surface area contributed by atoms with Gasteiger partial charge in [0.15, 0.2) is 11.5 Å². The SMILES string of the molecule is CC(C)(CNCc1ccc2c(c1)OCCO2)N1CCOCC1. The van der Waals surface area contributed by atoms with Crippen LogP contribution in [0.4, 0.5) is 0 Å². The van der Waals surface area contributed by atoms with Crippen molar-refractivity contribution in [3.8, 4) is 11.5 Å². The van der Waals surface area contributed by atoms with Crippen molar-refractivity contribution in [2.24, 2.45) is 0 Å². The molecule has 2 aliphatic heterocycles. The van der Waals surface area contributed by atoms with Gasteiger partial charge in [-0.15, -0.1) is 0 Å². The van der Waals surface area contributed by atoms with Crippen LogP contribution in [0.2, 0.25) is 0 Å². The summed E-state index contributed by atoms with van der Waals surface area (Å²) in [5.74, 6) is 1.71. The molecular weight excluding hydrogens is 280 g/mol. The summed E-state index contributed by atoms with van der Waals surface area (Å²) >= 11 is 0. The van der Waals surface area contributed by atoms with E-state index in [1.54, 1.807) is 0 Å². The molecule has 0 amide bonds. The molecule has 5 nitrogen and oxygen atoms in total. The van der Waals surface area contributed by atoms with Crippen LogP contribution in [-0.4, -0.2) is 56.5 Å². The quantitative estimate of drug-likeness (QED) is 0.896. The minimum Gasteiger partial charge on any atom is -0.486 e. The zero-order valence-electron chi connectivity index (χ0n) is 13.6. The number of hydrogen-bond acceptors (Lipinski definition) is 5. The molecule has 1 saturated heterocycles. The van der Waals surface area contributed by atoms with Crippen LogP contribution in [0, 0.1) is 0 Å². The van der Waals surface area contributed by atoms with Crippen molar-refractivity contribution in [2.75, 3.05) is 46.1 Å². The molecule has 0 radical (unpaired) electrons. The second kappa shape index (κ2) is 6.86. The van der Waals surface area contributed by atoms with Gasteiger partial charge in [0.25, 0.3) is 0 Å². The van der Waals surface area contributed by atoms with Crippen molar-refractivity contribution in [2.45, 2.75) is 25.9 Å². The Morgan fingerprint density at radius 3 is 2.55 bits per heavy atom. The maximum absolute atomic E-state index is 5.63. The van der Waals surface area contributed by atoms with Crippen molar-refractivity contribution in [1.29, 1.82) is 0 Å². The van der Waals surface area contributed by atoms with Crippen LogP contribution in [0.15, 0.2) is 18.2 Å². The third-order valence-corrected chi connectivity index (χ3v) is 4.36. The Morgan fingerprint density at radius 1 is 1.05 bits per heavy atom. The van der Waals surface area contributed by atoms with E-state index >= 15 is 0 Å². The lowest BCUT2D eigenvalue weighted by Crippen LogP contribution is -2.54. The van der Waals surface area contributed by atoms with Gasteiger partial charge in [0, 0.05) is 31.7 Å². The number of hydrogen-bond donors (Lipinski definition) is 1. The highest BCUT2D eigenvalue weighted by Crippen LogP contribution is 2.30. The van der Waals surface area contributed by atoms with E-state index in [9.17, 15) is 0 Å². The average Bonchev–Trinajstić information content (AvgIpc) is 2.55. The first-order valence-electron chi connectivity index (χ1n) is 8.07. The van der Waals surface area contributed by atoms with Gasteiger partial charge in [-0.25, -0.2) is 0 Å². The van der Waals surface area contributed by atoms with Crippen LogP contribution in [-0.2, 0) is 11.3 Å². The predicted octanol–water partition coefficient (Wildman–Crippen LogP) is 1.66. The minimum atomic E-state index is 0.137. The summed E-state index contributed by atoms with van der Waals surface area (Å²) in [4.78, 5) is 2.49. The van der Waals surface area contributed by atoms with E-state index < -0.39 is 0 Å². The Balaban J connectivity index is 1.51. The molecular formula is C17H26N2O3.